The van der Waals surface area contributed by atoms with Gasteiger partial charge in [-0.2, -0.15) is 0 Å². The van der Waals surface area contributed by atoms with Crippen molar-refractivity contribution in [2.45, 2.75) is 199 Å². The average Bonchev–Trinajstić information content (AvgIpc) is 3.33. The fourth-order valence-electron chi connectivity index (χ4n) is 8.90. The van der Waals surface area contributed by atoms with Crippen LogP contribution in [0.4, 0.5) is 0 Å². The van der Waals surface area contributed by atoms with Gasteiger partial charge in [0.15, 0.2) is 31.5 Å². The highest BCUT2D eigenvalue weighted by Gasteiger charge is 2.55. The topological polar surface area (TPSA) is 483 Å². The second-order valence-corrected chi connectivity index (χ2v) is 18.2. The van der Waals surface area contributed by atoms with E-state index in [9.17, 15) is 91.3 Å². The molecule has 31 nitrogen and oxygen atoms in total. The largest absolute Gasteiger partial charge is 0.394 e. The first-order valence-corrected chi connectivity index (χ1v) is 22.8. The summed E-state index contributed by atoms with van der Waals surface area (Å²) in [6.45, 7) is -0.488. The Morgan fingerprint density at radius 1 is 0.437 bits per heavy atom. The van der Waals surface area contributed by atoms with E-state index in [1.54, 1.807) is 0 Å². The Balaban J connectivity index is 1.13. The van der Waals surface area contributed by atoms with Gasteiger partial charge in [0.1, 0.15) is 134 Å². The second kappa shape index (κ2) is 25.1. The van der Waals surface area contributed by atoms with Crippen LogP contribution in [0.15, 0.2) is 0 Å². The molecule has 6 saturated heterocycles. The Kier molecular flexibility index (Phi) is 20.6. The number of nitrogens with one attached hydrogen (secondary N) is 2. The Morgan fingerprint density at radius 2 is 0.831 bits per heavy atom. The Bertz CT molecular complexity index is 1700. The van der Waals surface area contributed by atoms with Crippen LogP contribution in [0.5, 0.6) is 0 Å². The molecule has 2 amide bonds. The van der Waals surface area contributed by atoms with Crippen LogP contribution in [-0.2, 0) is 61.7 Å². The van der Waals surface area contributed by atoms with E-state index in [4.69, 9.17) is 52.1 Å². The van der Waals surface area contributed by atoms with Crippen molar-refractivity contribution in [1.29, 1.82) is 0 Å². The van der Waals surface area contributed by atoms with Gasteiger partial charge in [-0.1, -0.05) is 0 Å². The van der Waals surface area contributed by atoms with E-state index in [2.05, 4.69) is 10.6 Å². The molecule has 0 aliphatic carbocycles. The molecule has 0 aromatic carbocycles. The predicted molar refractivity (Wildman–Crippen MR) is 220 cm³/mol. The number of aliphatic hydroxyl groups excluding tert-OH is 16. The molecule has 31 heteroatoms. The van der Waals surface area contributed by atoms with E-state index >= 15 is 0 Å². The lowest BCUT2D eigenvalue weighted by molar-refractivity contribution is -0.364. The minimum atomic E-state index is -2.10. The second-order valence-electron chi connectivity index (χ2n) is 18.2. The molecule has 6 heterocycles. The molecule has 412 valence electrons. The molecule has 0 radical (unpaired) electrons. The number of amides is 2. The summed E-state index contributed by atoms with van der Waals surface area (Å²) in [5.74, 6) is -1.35. The molecule has 0 bridgehead atoms. The standard InChI is InChI=1S/C40H68N2O29/c1-10-20(47)26(53)30(57)37(65-10)64-9-18-35(21(48)13(6-61-18)41-11(2)45)70-36-19(42-12(3)46)25(52)34(15(5-44)67-36)71-40-33(60)29(56)24(51)17(69-40)8-63-39-32(59)28(55)23(50)16(68-39)7-62-38-31(58)27(54)22(49)14(4-43)66-38/h10,13-40,43-44,47-60H,4-9H2,1-3H3,(H,41,45)(H,42,46)/t10-,13-,14+,15+,16+,17+,18+,19+,20+,21+,22+,23+,24+,25+,26+,27-,28-,29-,30-,31-,32-,33-,34+,35+,36-,37-,38-,39-,40-/m0/s1. The summed E-state index contributed by atoms with van der Waals surface area (Å²) in [6.07, 6.45) is -46.5. The normalized spacial score (nSPS) is 49.8. The molecule has 6 aliphatic heterocycles. The summed E-state index contributed by atoms with van der Waals surface area (Å²) in [7, 11) is 0. The maximum Gasteiger partial charge on any atom is 0.217 e. The van der Waals surface area contributed by atoms with Crippen molar-refractivity contribution in [3.8, 4) is 0 Å². The van der Waals surface area contributed by atoms with Crippen molar-refractivity contribution in [2.24, 2.45) is 0 Å². The molecule has 6 fully saturated rings. The van der Waals surface area contributed by atoms with Crippen molar-refractivity contribution in [1.82, 2.24) is 10.6 Å². The summed E-state index contributed by atoms with van der Waals surface area (Å²) in [4.78, 5) is 24.6. The van der Waals surface area contributed by atoms with Crippen LogP contribution in [0.3, 0.4) is 0 Å². The lowest BCUT2D eigenvalue weighted by Crippen LogP contribution is -2.69. The number of ether oxygens (including phenoxy) is 11. The molecule has 0 spiro atoms. The fraction of sp³-hybridized carbons (Fsp3) is 0.950. The average molecular weight is 1040 g/mol. The summed E-state index contributed by atoms with van der Waals surface area (Å²) in [5, 5.41) is 174. The smallest absolute Gasteiger partial charge is 0.217 e. The first-order valence-electron chi connectivity index (χ1n) is 22.8. The molecular formula is C40H68N2O29. The molecule has 0 saturated carbocycles. The predicted octanol–water partition coefficient (Wildman–Crippen LogP) is -12.1. The summed E-state index contributed by atoms with van der Waals surface area (Å²) in [5.41, 5.74) is 0. The lowest BCUT2D eigenvalue weighted by atomic mass is 9.94. The van der Waals surface area contributed by atoms with E-state index < -0.39 is 223 Å². The van der Waals surface area contributed by atoms with Crippen molar-refractivity contribution in [3.05, 3.63) is 0 Å². The van der Waals surface area contributed by atoms with Gasteiger partial charge in [-0.25, -0.2) is 0 Å². The zero-order valence-corrected chi connectivity index (χ0v) is 38.4. The highest BCUT2D eigenvalue weighted by Crippen LogP contribution is 2.34. The van der Waals surface area contributed by atoms with E-state index in [1.807, 2.05) is 0 Å². The van der Waals surface area contributed by atoms with Gasteiger partial charge in [0.2, 0.25) is 11.8 Å². The third-order valence-electron chi connectivity index (χ3n) is 13.1. The molecule has 0 aromatic heterocycles. The van der Waals surface area contributed by atoms with Crippen LogP contribution >= 0.6 is 0 Å². The maximum absolute atomic E-state index is 12.6. The lowest BCUT2D eigenvalue weighted by Gasteiger charge is -2.49. The highest BCUT2D eigenvalue weighted by atomic mass is 16.8. The number of carbonyl (C=O) groups excluding carboxylic acids is 2. The maximum atomic E-state index is 12.6. The van der Waals surface area contributed by atoms with Gasteiger partial charge in [0.05, 0.1) is 51.8 Å². The van der Waals surface area contributed by atoms with Gasteiger partial charge in [0, 0.05) is 13.8 Å². The zero-order valence-electron chi connectivity index (χ0n) is 38.4. The fourth-order valence-corrected chi connectivity index (χ4v) is 8.90. The van der Waals surface area contributed by atoms with Crippen LogP contribution in [-0.4, -0.2) is 311 Å². The van der Waals surface area contributed by atoms with Gasteiger partial charge >= 0.3 is 0 Å². The number of hydrogen-bond acceptors (Lipinski definition) is 29. The van der Waals surface area contributed by atoms with E-state index in [0.717, 1.165) is 6.92 Å². The Labute approximate surface area is 403 Å². The third-order valence-corrected chi connectivity index (χ3v) is 13.1. The summed E-state index contributed by atoms with van der Waals surface area (Å²) in [6, 6.07) is -2.77. The van der Waals surface area contributed by atoms with Crippen molar-refractivity contribution in [2.75, 3.05) is 39.6 Å². The zero-order chi connectivity index (χ0) is 52.3. The molecule has 0 unspecified atom stereocenters. The monoisotopic (exact) mass is 1040 g/mol. The van der Waals surface area contributed by atoms with Gasteiger partial charge in [-0.05, 0) is 6.92 Å². The minimum Gasteiger partial charge on any atom is -0.394 e. The van der Waals surface area contributed by atoms with Gasteiger partial charge < -0.3 is 144 Å². The number of hydrogen-bond donors (Lipinski definition) is 18. The summed E-state index contributed by atoms with van der Waals surface area (Å²) < 4.78 is 62.6. The number of aliphatic hydroxyl groups is 16. The van der Waals surface area contributed by atoms with Crippen molar-refractivity contribution >= 4 is 11.8 Å². The molecule has 6 aliphatic rings. The SMILES string of the molecule is CC(=O)N[C@H]1[C@H](O[C@H]2[C@H](O)[C@@H](NC(C)=O)CO[C@@H]2CO[C@H]2O[C@@H](C)[C@@H](O)[C@@H](O)[C@@H]2O)O[C@H](CO)[C@@H](O[C@@H]2O[C@H](CO[C@H]3O[C@H](CO[C@H]4O[C@H](CO)[C@@H](O)[C@H](O)[C@@H]4O)[C@@H](O)[C@H](O)[C@@H]3O)[C@@H](O)[C@H](O)[C@@H]2O)[C@@H]1O. The van der Waals surface area contributed by atoms with Gasteiger partial charge in [-0.3, -0.25) is 9.59 Å². The van der Waals surface area contributed by atoms with E-state index in [1.165, 1.54) is 13.8 Å². The molecular weight excluding hydrogens is 972 g/mol. The van der Waals surface area contributed by atoms with Crippen LogP contribution in [0.1, 0.15) is 20.8 Å². The molecule has 6 rings (SSSR count). The van der Waals surface area contributed by atoms with Crippen LogP contribution in [0.25, 0.3) is 0 Å². The van der Waals surface area contributed by atoms with Gasteiger partial charge in [0.25, 0.3) is 0 Å². The number of rotatable bonds is 17. The quantitative estimate of drug-likeness (QED) is 0.0643. The van der Waals surface area contributed by atoms with Crippen LogP contribution in [0, 0.1) is 0 Å². The Morgan fingerprint density at radius 3 is 1.34 bits per heavy atom. The molecule has 29 atom stereocenters. The summed E-state index contributed by atoms with van der Waals surface area (Å²) >= 11 is 0. The first kappa shape index (κ1) is 58.1. The molecule has 71 heavy (non-hydrogen) atoms. The minimum absolute atomic E-state index is 0.307. The van der Waals surface area contributed by atoms with E-state index in [0.29, 0.717) is 0 Å². The molecule has 18 N–H and O–H groups in total. The highest BCUT2D eigenvalue weighted by molar-refractivity contribution is 5.73. The van der Waals surface area contributed by atoms with Crippen molar-refractivity contribution in [3.63, 3.8) is 0 Å². The number of carbonyl (C=O) groups is 2. The van der Waals surface area contributed by atoms with Crippen LogP contribution < -0.4 is 10.6 Å². The molecule has 0 aromatic rings. The van der Waals surface area contributed by atoms with Gasteiger partial charge in [-0.15, -0.1) is 0 Å². The van der Waals surface area contributed by atoms with E-state index in [-0.39, 0.29) is 6.61 Å². The van der Waals surface area contributed by atoms with Crippen molar-refractivity contribution < 1.29 is 143 Å². The first-order chi connectivity index (χ1) is 33.5. The van der Waals surface area contributed by atoms with Crippen LogP contribution in [0.2, 0.25) is 0 Å². The Hall–Kier alpha value is -2.14. The third kappa shape index (κ3) is 13.1.